The van der Waals surface area contributed by atoms with Crippen LogP contribution in [0.1, 0.15) is 39.7 Å². The summed E-state index contributed by atoms with van der Waals surface area (Å²) in [7, 11) is 1.88. The lowest BCUT2D eigenvalue weighted by molar-refractivity contribution is -0.134. The van der Waals surface area contributed by atoms with Gasteiger partial charge in [-0.05, 0) is 18.3 Å². The maximum absolute atomic E-state index is 12.5. The Kier molecular flexibility index (Phi) is 6.20. The van der Waals surface area contributed by atoms with E-state index in [0.717, 1.165) is 18.5 Å². The highest BCUT2D eigenvalue weighted by Gasteiger charge is 2.23. The molecule has 114 valence electrons. The van der Waals surface area contributed by atoms with Gasteiger partial charge in [0.2, 0.25) is 5.91 Å². The van der Waals surface area contributed by atoms with E-state index in [4.69, 9.17) is 5.73 Å². The van der Waals surface area contributed by atoms with Gasteiger partial charge in [-0.1, -0.05) is 27.7 Å². The Bertz CT molecular complexity index is 425. The summed E-state index contributed by atoms with van der Waals surface area (Å²) in [6.45, 7) is 9.69. The molecule has 0 aliphatic rings. The summed E-state index contributed by atoms with van der Waals surface area (Å²) in [5, 5.41) is 4.15. The molecular weight excluding hydrogens is 252 g/mol. The van der Waals surface area contributed by atoms with Crippen LogP contribution in [0.3, 0.4) is 0 Å². The number of nitrogens with zero attached hydrogens (tertiary/aromatic N) is 3. The van der Waals surface area contributed by atoms with Crippen molar-refractivity contribution in [3.05, 3.63) is 18.0 Å². The number of hydrogen-bond acceptors (Lipinski definition) is 3. The lowest BCUT2D eigenvalue weighted by atomic mass is 10.0. The fourth-order valence-corrected chi connectivity index (χ4v) is 2.29. The van der Waals surface area contributed by atoms with Gasteiger partial charge in [-0.3, -0.25) is 9.48 Å². The normalized spacial score (nSPS) is 13.0. The fraction of sp³-hybridized carbons (Fsp3) is 0.733. The molecule has 0 unspecified atom stereocenters. The Balaban J connectivity index is 2.75. The van der Waals surface area contributed by atoms with E-state index in [2.05, 4.69) is 32.8 Å². The lowest BCUT2D eigenvalue weighted by Gasteiger charge is -2.27. The number of amides is 1. The molecule has 5 heteroatoms. The molecule has 0 saturated carbocycles. The Morgan fingerprint density at radius 2 is 2.00 bits per heavy atom. The molecule has 1 aromatic heterocycles. The van der Waals surface area contributed by atoms with E-state index in [-0.39, 0.29) is 5.91 Å². The van der Waals surface area contributed by atoms with Gasteiger partial charge >= 0.3 is 0 Å². The topological polar surface area (TPSA) is 64.2 Å². The van der Waals surface area contributed by atoms with Crippen molar-refractivity contribution in [2.75, 3.05) is 6.54 Å². The summed E-state index contributed by atoms with van der Waals surface area (Å²) < 4.78 is 1.75. The molecule has 1 amide bonds. The van der Waals surface area contributed by atoms with Gasteiger partial charge in [0.05, 0.1) is 12.2 Å². The van der Waals surface area contributed by atoms with Crippen molar-refractivity contribution >= 4 is 5.91 Å². The maximum Gasteiger partial charge on any atom is 0.239 e. The molecule has 1 heterocycles. The quantitative estimate of drug-likeness (QED) is 0.828. The second-order valence-corrected chi connectivity index (χ2v) is 6.37. The predicted molar refractivity (Wildman–Crippen MR) is 80.9 cm³/mol. The fourth-order valence-electron chi connectivity index (χ4n) is 2.29. The van der Waals surface area contributed by atoms with Gasteiger partial charge in [-0.25, -0.2) is 0 Å². The molecule has 1 atom stereocenters. The van der Waals surface area contributed by atoms with Gasteiger partial charge in [0.25, 0.3) is 0 Å². The Morgan fingerprint density at radius 1 is 1.35 bits per heavy atom. The number of carbonyl (C=O) groups excluding carboxylic acids is 1. The zero-order valence-electron chi connectivity index (χ0n) is 13.3. The minimum absolute atomic E-state index is 0.0382. The second kappa shape index (κ2) is 7.43. The van der Waals surface area contributed by atoms with Crippen molar-refractivity contribution in [1.29, 1.82) is 0 Å². The smallest absolute Gasteiger partial charge is 0.239 e. The first-order chi connectivity index (χ1) is 9.29. The molecule has 0 bridgehead atoms. The first-order valence-electron chi connectivity index (χ1n) is 7.31. The van der Waals surface area contributed by atoms with E-state index in [1.807, 2.05) is 18.1 Å². The van der Waals surface area contributed by atoms with Crippen molar-refractivity contribution in [2.24, 2.45) is 24.6 Å². The first kappa shape index (κ1) is 16.7. The molecule has 20 heavy (non-hydrogen) atoms. The van der Waals surface area contributed by atoms with E-state index >= 15 is 0 Å². The summed E-state index contributed by atoms with van der Waals surface area (Å²) in [6, 6.07) is -0.412. The van der Waals surface area contributed by atoms with E-state index in [9.17, 15) is 4.79 Å². The molecule has 1 rings (SSSR count). The van der Waals surface area contributed by atoms with Crippen LogP contribution in [0.2, 0.25) is 0 Å². The van der Waals surface area contributed by atoms with Crippen molar-refractivity contribution in [3.63, 3.8) is 0 Å². The van der Waals surface area contributed by atoms with Crippen LogP contribution in [0, 0.1) is 11.8 Å². The SMILES string of the molecule is CC(C)C[C@@H](N)C(=O)N(Cc1cnn(C)c1)CC(C)C. The van der Waals surface area contributed by atoms with Crippen LogP contribution in [0.5, 0.6) is 0 Å². The minimum Gasteiger partial charge on any atom is -0.337 e. The molecular formula is C15H28N4O. The first-order valence-corrected chi connectivity index (χ1v) is 7.31. The molecule has 1 aromatic rings. The zero-order chi connectivity index (χ0) is 15.3. The van der Waals surface area contributed by atoms with Crippen molar-refractivity contribution in [2.45, 2.75) is 46.7 Å². The molecule has 0 radical (unpaired) electrons. The number of aryl methyl sites for hydroxylation is 1. The van der Waals surface area contributed by atoms with Gasteiger partial charge in [-0.15, -0.1) is 0 Å². The van der Waals surface area contributed by atoms with Crippen LogP contribution in [-0.2, 0) is 18.4 Å². The molecule has 0 aromatic carbocycles. The largest absolute Gasteiger partial charge is 0.337 e. The summed E-state index contributed by atoms with van der Waals surface area (Å²) in [6.07, 6.45) is 4.46. The molecule has 0 saturated heterocycles. The highest BCUT2D eigenvalue weighted by atomic mass is 16.2. The van der Waals surface area contributed by atoms with Crippen molar-refractivity contribution in [1.82, 2.24) is 14.7 Å². The monoisotopic (exact) mass is 280 g/mol. The van der Waals surface area contributed by atoms with Crippen LogP contribution >= 0.6 is 0 Å². The number of nitrogens with two attached hydrogens (primary N) is 1. The van der Waals surface area contributed by atoms with Gasteiger partial charge in [0.1, 0.15) is 0 Å². The van der Waals surface area contributed by atoms with Crippen LogP contribution in [0.25, 0.3) is 0 Å². The number of hydrogen-bond donors (Lipinski definition) is 1. The average molecular weight is 280 g/mol. The van der Waals surface area contributed by atoms with Gasteiger partial charge < -0.3 is 10.6 Å². The summed E-state index contributed by atoms with van der Waals surface area (Å²) in [5.74, 6) is 0.881. The summed E-state index contributed by atoms with van der Waals surface area (Å²) in [4.78, 5) is 14.4. The highest BCUT2D eigenvalue weighted by Crippen LogP contribution is 2.11. The van der Waals surface area contributed by atoms with Gasteiger partial charge in [-0.2, -0.15) is 5.10 Å². The molecule has 2 N–H and O–H groups in total. The number of carbonyl (C=O) groups is 1. The predicted octanol–water partition coefficient (Wildman–Crippen LogP) is 1.78. The van der Waals surface area contributed by atoms with E-state index in [1.165, 1.54) is 0 Å². The summed E-state index contributed by atoms with van der Waals surface area (Å²) in [5.41, 5.74) is 7.08. The Morgan fingerprint density at radius 3 is 2.45 bits per heavy atom. The Hall–Kier alpha value is -1.36. The molecule has 0 aliphatic heterocycles. The van der Waals surface area contributed by atoms with E-state index in [1.54, 1.807) is 10.9 Å². The van der Waals surface area contributed by atoms with E-state index < -0.39 is 6.04 Å². The second-order valence-electron chi connectivity index (χ2n) is 6.37. The van der Waals surface area contributed by atoms with Crippen molar-refractivity contribution < 1.29 is 4.79 Å². The standard InChI is InChI=1S/C15H28N4O/c1-11(2)6-14(16)15(20)19(8-12(3)4)10-13-7-17-18(5)9-13/h7,9,11-12,14H,6,8,10,16H2,1-5H3/t14-/m1/s1. The molecule has 0 spiro atoms. The molecule has 5 nitrogen and oxygen atoms in total. The van der Waals surface area contributed by atoms with Gasteiger partial charge in [0, 0.05) is 31.9 Å². The minimum atomic E-state index is -0.412. The third-order valence-electron chi connectivity index (χ3n) is 3.07. The molecule has 0 fully saturated rings. The Labute approximate surface area is 122 Å². The van der Waals surface area contributed by atoms with Crippen LogP contribution < -0.4 is 5.73 Å². The van der Waals surface area contributed by atoms with Gasteiger partial charge in [0.15, 0.2) is 0 Å². The van der Waals surface area contributed by atoms with Crippen molar-refractivity contribution in [3.8, 4) is 0 Å². The number of aromatic nitrogens is 2. The maximum atomic E-state index is 12.5. The summed E-state index contributed by atoms with van der Waals surface area (Å²) >= 11 is 0. The van der Waals surface area contributed by atoms with Crippen LogP contribution in [0.15, 0.2) is 12.4 Å². The number of rotatable bonds is 7. The highest BCUT2D eigenvalue weighted by molar-refractivity contribution is 5.81. The molecule has 0 aliphatic carbocycles. The third kappa shape index (κ3) is 5.33. The third-order valence-corrected chi connectivity index (χ3v) is 3.07. The zero-order valence-corrected chi connectivity index (χ0v) is 13.3. The average Bonchev–Trinajstić information content (AvgIpc) is 2.71. The lowest BCUT2D eigenvalue weighted by Crippen LogP contribution is -2.45. The van der Waals surface area contributed by atoms with E-state index in [0.29, 0.717) is 18.4 Å². The van der Waals surface area contributed by atoms with Crippen LogP contribution in [-0.4, -0.2) is 33.2 Å². The van der Waals surface area contributed by atoms with Crippen LogP contribution in [0.4, 0.5) is 0 Å².